The Balaban J connectivity index is 1.64. The number of para-hydroxylation sites is 2. The number of hydrogen-bond acceptors (Lipinski definition) is 5. The molecule has 184 valence electrons. The summed E-state index contributed by atoms with van der Waals surface area (Å²) in [5.41, 5.74) is 1.58. The Morgan fingerprint density at radius 1 is 1.15 bits per heavy atom. The van der Waals surface area contributed by atoms with Gasteiger partial charge in [0.15, 0.2) is 5.82 Å². The van der Waals surface area contributed by atoms with Crippen LogP contribution in [0.4, 0.5) is 4.79 Å². The third kappa shape index (κ3) is 4.86. The molecule has 34 heavy (non-hydrogen) atoms. The summed E-state index contributed by atoms with van der Waals surface area (Å²) >= 11 is 0. The molecular weight excluding hydrogens is 438 g/mol. The summed E-state index contributed by atoms with van der Waals surface area (Å²) in [6.45, 7) is 6.75. The molecule has 1 N–H and O–H groups in total. The number of amides is 3. The number of ether oxygens (including phenoxy) is 1. The second-order valence-corrected chi connectivity index (χ2v) is 9.55. The zero-order valence-electron chi connectivity index (χ0n) is 20.0. The van der Waals surface area contributed by atoms with Gasteiger partial charge < -0.3 is 29.1 Å². The molecule has 4 rings (SSSR count). The Morgan fingerprint density at radius 3 is 2.50 bits per heavy atom. The molecule has 3 amide bonds. The number of morpholine rings is 1. The predicted molar refractivity (Wildman–Crippen MR) is 125 cm³/mol. The van der Waals surface area contributed by atoms with Crippen molar-refractivity contribution in [2.45, 2.75) is 26.3 Å². The van der Waals surface area contributed by atoms with Crippen LogP contribution in [0.2, 0.25) is 0 Å². The van der Waals surface area contributed by atoms with Gasteiger partial charge in [0.25, 0.3) is 5.91 Å². The quantitative estimate of drug-likeness (QED) is 0.714. The standard InChI is InChI=1S/C24H33N5O5/c1-16(2)13-29(23(31)21-25-19-6-4-5-7-20(19)26(21)3)18-12-17(14-28(15-18)24(32)33)22(30)27-8-10-34-11-9-27/h4-7,16-18H,8-15H2,1-3H3,(H,32,33)/t17-,18+/m1/s1. The number of rotatable bonds is 5. The molecule has 2 fully saturated rings. The first-order valence-electron chi connectivity index (χ1n) is 11.8. The zero-order valence-corrected chi connectivity index (χ0v) is 20.0. The highest BCUT2D eigenvalue weighted by Gasteiger charge is 2.40. The van der Waals surface area contributed by atoms with Crippen LogP contribution in [-0.2, 0) is 16.6 Å². The second kappa shape index (κ2) is 10.0. The fraction of sp³-hybridized carbons (Fsp3) is 0.583. The van der Waals surface area contributed by atoms with Crippen LogP contribution in [0.5, 0.6) is 0 Å². The summed E-state index contributed by atoms with van der Waals surface area (Å²) in [6, 6.07) is 7.13. The monoisotopic (exact) mass is 471 g/mol. The number of hydrogen-bond donors (Lipinski definition) is 1. The number of nitrogens with zero attached hydrogens (tertiary/aromatic N) is 5. The number of likely N-dealkylation sites (tertiary alicyclic amines) is 1. The number of piperidine rings is 1. The van der Waals surface area contributed by atoms with Crippen LogP contribution in [0.15, 0.2) is 24.3 Å². The number of aromatic nitrogens is 2. The Labute approximate surface area is 199 Å². The van der Waals surface area contributed by atoms with Gasteiger partial charge in [-0.05, 0) is 24.5 Å². The van der Waals surface area contributed by atoms with Crippen LogP contribution >= 0.6 is 0 Å². The van der Waals surface area contributed by atoms with Crippen molar-refractivity contribution in [3.63, 3.8) is 0 Å². The van der Waals surface area contributed by atoms with Gasteiger partial charge in [0.1, 0.15) is 0 Å². The highest BCUT2D eigenvalue weighted by Crippen LogP contribution is 2.26. The maximum Gasteiger partial charge on any atom is 0.407 e. The van der Waals surface area contributed by atoms with Crippen molar-refractivity contribution in [1.29, 1.82) is 0 Å². The van der Waals surface area contributed by atoms with E-state index in [1.807, 2.05) is 45.2 Å². The van der Waals surface area contributed by atoms with Crippen molar-refractivity contribution in [1.82, 2.24) is 24.3 Å². The molecule has 2 saturated heterocycles. The highest BCUT2D eigenvalue weighted by atomic mass is 16.5. The molecule has 0 saturated carbocycles. The molecule has 1 aromatic carbocycles. The number of imidazole rings is 1. The average Bonchev–Trinajstić information content (AvgIpc) is 3.18. The second-order valence-electron chi connectivity index (χ2n) is 9.55. The number of carboxylic acid groups (broad SMARTS) is 1. The number of benzene rings is 1. The summed E-state index contributed by atoms with van der Waals surface area (Å²) in [4.78, 5) is 48.3. The van der Waals surface area contributed by atoms with Crippen molar-refractivity contribution in [2.75, 3.05) is 45.9 Å². The number of carbonyl (C=O) groups is 3. The molecule has 0 bridgehead atoms. The fourth-order valence-corrected chi connectivity index (χ4v) is 4.93. The number of fused-ring (bicyclic) bond motifs is 1. The topological polar surface area (TPSA) is 108 Å². The maximum absolute atomic E-state index is 13.8. The normalized spacial score (nSPS) is 21.2. The van der Waals surface area contributed by atoms with E-state index in [9.17, 15) is 19.5 Å². The van der Waals surface area contributed by atoms with Gasteiger partial charge in [0.05, 0.1) is 36.2 Å². The lowest BCUT2D eigenvalue weighted by molar-refractivity contribution is -0.142. The molecule has 10 nitrogen and oxygen atoms in total. The summed E-state index contributed by atoms with van der Waals surface area (Å²) in [5.74, 6) is -0.352. The van der Waals surface area contributed by atoms with E-state index >= 15 is 0 Å². The van der Waals surface area contributed by atoms with Crippen molar-refractivity contribution < 1.29 is 24.2 Å². The lowest BCUT2D eigenvalue weighted by atomic mass is 9.91. The van der Waals surface area contributed by atoms with Gasteiger partial charge in [-0.1, -0.05) is 26.0 Å². The molecule has 0 spiro atoms. The van der Waals surface area contributed by atoms with Gasteiger partial charge in [0.2, 0.25) is 5.91 Å². The summed E-state index contributed by atoms with van der Waals surface area (Å²) < 4.78 is 7.13. The maximum atomic E-state index is 13.8. The minimum atomic E-state index is -1.08. The van der Waals surface area contributed by atoms with Gasteiger partial charge >= 0.3 is 6.09 Å². The van der Waals surface area contributed by atoms with Crippen molar-refractivity contribution >= 4 is 28.9 Å². The SMILES string of the molecule is CC(C)CN(C(=O)c1nc2ccccc2n1C)[C@H]1C[C@@H](C(=O)N2CCOCC2)CN(C(=O)O)C1. The molecule has 2 aliphatic heterocycles. The van der Waals surface area contributed by atoms with Gasteiger partial charge in [-0.3, -0.25) is 9.59 Å². The molecule has 0 radical (unpaired) electrons. The van der Waals surface area contributed by atoms with Crippen LogP contribution in [0.3, 0.4) is 0 Å². The predicted octanol–water partition coefficient (Wildman–Crippen LogP) is 1.90. The lowest BCUT2D eigenvalue weighted by Gasteiger charge is -2.43. The van der Waals surface area contributed by atoms with Crippen LogP contribution in [-0.4, -0.2) is 99.2 Å². The minimum absolute atomic E-state index is 0.0704. The average molecular weight is 472 g/mol. The highest BCUT2D eigenvalue weighted by molar-refractivity contribution is 5.95. The summed E-state index contributed by atoms with van der Waals surface area (Å²) in [7, 11) is 1.81. The van der Waals surface area contributed by atoms with Gasteiger partial charge in [-0.25, -0.2) is 9.78 Å². The van der Waals surface area contributed by atoms with Crippen LogP contribution in [0.25, 0.3) is 11.0 Å². The van der Waals surface area contributed by atoms with E-state index in [2.05, 4.69) is 4.98 Å². The first kappa shape index (κ1) is 24.0. The molecule has 0 aliphatic carbocycles. The first-order valence-corrected chi connectivity index (χ1v) is 11.8. The Kier molecular flexibility index (Phi) is 7.06. The molecule has 1 aromatic heterocycles. The van der Waals surface area contributed by atoms with Crippen molar-refractivity contribution in [3.8, 4) is 0 Å². The lowest BCUT2D eigenvalue weighted by Crippen LogP contribution is -2.58. The Morgan fingerprint density at radius 2 is 1.85 bits per heavy atom. The summed E-state index contributed by atoms with van der Waals surface area (Å²) in [5, 5.41) is 9.79. The molecule has 2 aromatic rings. The summed E-state index contributed by atoms with van der Waals surface area (Å²) in [6.07, 6.45) is -0.660. The molecule has 3 heterocycles. The van der Waals surface area contributed by atoms with E-state index in [-0.39, 0.29) is 30.8 Å². The van der Waals surface area contributed by atoms with Crippen LogP contribution in [0, 0.1) is 11.8 Å². The van der Waals surface area contributed by atoms with E-state index < -0.39 is 18.1 Å². The largest absolute Gasteiger partial charge is 0.465 e. The number of carbonyl (C=O) groups excluding carboxylic acids is 2. The molecule has 10 heteroatoms. The molecule has 2 atom stereocenters. The van der Waals surface area contributed by atoms with E-state index in [0.29, 0.717) is 45.1 Å². The van der Waals surface area contributed by atoms with Crippen LogP contribution < -0.4 is 0 Å². The van der Waals surface area contributed by atoms with Gasteiger partial charge in [0, 0.05) is 39.8 Å². The third-order valence-corrected chi connectivity index (χ3v) is 6.61. The van der Waals surface area contributed by atoms with Crippen molar-refractivity contribution in [2.24, 2.45) is 18.9 Å². The smallest absolute Gasteiger partial charge is 0.407 e. The van der Waals surface area contributed by atoms with E-state index in [1.165, 1.54) is 4.90 Å². The third-order valence-electron chi connectivity index (χ3n) is 6.61. The zero-order chi connectivity index (χ0) is 24.4. The van der Waals surface area contributed by atoms with Gasteiger partial charge in [-0.15, -0.1) is 0 Å². The van der Waals surface area contributed by atoms with Gasteiger partial charge in [-0.2, -0.15) is 0 Å². The van der Waals surface area contributed by atoms with Crippen molar-refractivity contribution in [3.05, 3.63) is 30.1 Å². The molecular formula is C24H33N5O5. The van der Waals surface area contributed by atoms with E-state index in [0.717, 1.165) is 11.0 Å². The Bertz CT molecular complexity index is 1060. The molecule has 0 unspecified atom stereocenters. The minimum Gasteiger partial charge on any atom is -0.465 e. The number of aryl methyl sites for hydroxylation is 1. The van der Waals surface area contributed by atoms with E-state index in [1.54, 1.807) is 14.4 Å². The molecule has 2 aliphatic rings. The fourth-order valence-electron chi connectivity index (χ4n) is 4.93. The van der Waals surface area contributed by atoms with E-state index in [4.69, 9.17) is 4.74 Å². The van der Waals surface area contributed by atoms with Crippen LogP contribution in [0.1, 0.15) is 30.9 Å². The first-order chi connectivity index (χ1) is 16.3. The Hall–Kier alpha value is -3.14.